The van der Waals surface area contributed by atoms with Gasteiger partial charge in [0.25, 0.3) is 11.8 Å². The van der Waals surface area contributed by atoms with Gasteiger partial charge in [-0.1, -0.05) is 62.4 Å². The van der Waals surface area contributed by atoms with Crippen molar-refractivity contribution in [3.63, 3.8) is 0 Å². The van der Waals surface area contributed by atoms with Crippen LogP contribution in [0.4, 0.5) is 0 Å². The van der Waals surface area contributed by atoms with Crippen LogP contribution in [-0.2, 0) is 29.6 Å². The van der Waals surface area contributed by atoms with Crippen LogP contribution in [0.1, 0.15) is 44.2 Å². The second-order valence-electron chi connectivity index (χ2n) is 10.3. The number of benzene rings is 2. The molecule has 200 valence electrons. The Balaban J connectivity index is 1.60. The summed E-state index contributed by atoms with van der Waals surface area (Å²) in [5.41, 5.74) is 5.40. The summed E-state index contributed by atoms with van der Waals surface area (Å²) in [5, 5.41) is 19.7. The van der Waals surface area contributed by atoms with Gasteiger partial charge in [-0.2, -0.15) is 0 Å². The van der Waals surface area contributed by atoms with E-state index in [1.807, 2.05) is 38.1 Å². The maximum Gasteiger partial charge on any atom is 0.287 e. The van der Waals surface area contributed by atoms with E-state index in [1.165, 1.54) is 0 Å². The molecule has 4 rings (SSSR count). The SMILES string of the molecule is CC(C)C[C@H](NC(=O)C1(O)c2ccccc2-c2ccccc21)C(=O)N[C@@H](C[C@H]1CCNC1=O)C(=O)C(N)=O. The number of amides is 4. The maximum atomic E-state index is 13.7. The number of ketones is 1. The Bertz CT molecular complexity index is 1240. The zero-order valence-corrected chi connectivity index (χ0v) is 21.3. The van der Waals surface area contributed by atoms with E-state index in [-0.39, 0.29) is 24.7 Å². The normalized spacial score (nSPS) is 18.6. The first-order valence-corrected chi connectivity index (χ1v) is 12.7. The molecular weight excluding hydrogens is 488 g/mol. The van der Waals surface area contributed by atoms with Gasteiger partial charge in [0.05, 0.1) is 6.04 Å². The zero-order chi connectivity index (χ0) is 27.6. The Morgan fingerprint density at radius 3 is 2.08 bits per heavy atom. The number of carbonyl (C=O) groups is 5. The summed E-state index contributed by atoms with van der Waals surface area (Å²) in [5.74, 6) is -4.63. The van der Waals surface area contributed by atoms with Gasteiger partial charge in [-0.15, -0.1) is 0 Å². The third-order valence-corrected chi connectivity index (χ3v) is 7.14. The van der Waals surface area contributed by atoms with Crippen molar-refractivity contribution in [2.45, 2.75) is 50.8 Å². The van der Waals surface area contributed by atoms with Crippen molar-refractivity contribution >= 4 is 29.4 Å². The molecule has 10 heteroatoms. The quantitative estimate of drug-likeness (QED) is 0.286. The number of Topliss-reactive ketones (excluding diaryl/α,β-unsaturated/α-hetero) is 1. The predicted molar refractivity (Wildman–Crippen MR) is 138 cm³/mol. The van der Waals surface area contributed by atoms with Crippen LogP contribution in [0.25, 0.3) is 11.1 Å². The zero-order valence-electron chi connectivity index (χ0n) is 21.3. The number of carbonyl (C=O) groups excluding carboxylic acids is 5. The van der Waals surface area contributed by atoms with Crippen LogP contribution in [0.2, 0.25) is 0 Å². The molecule has 1 heterocycles. The molecule has 0 spiro atoms. The van der Waals surface area contributed by atoms with E-state index in [1.54, 1.807) is 24.3 Å². The molecule has 0 unspecified atom stereocenters. The maximum absolute atomic E-state index is 13.7. The summed E-state index contributed by atoms with van der Waals surface area (Å²) in [6.07, 6.45) is 0.556. The molecule has 4 amide bonds. The summed E-state index contributed by atoms with van der Waals surface area (Å²) in [7, 11) is 0. The molecular formula is C28H32N4O6. The van der Waals surface area contributed by atoms with Gasteiger partial charge < -0.3 is 26.8 Å². The van der Waals surface area contributed by atoms with E-state index in [2.05, 4.69) is 16.0 Å². The van der Waals surface area contributed by atoms with E-state index in [0.717, 1.165) is 0 Å². The van der Waals surface area contributed by atoms with E-state index < -0.39 is 47.1 Å². The van der Waals surface area contributed by atoms with Gasteiger partial charge in [-0.05, 0) is 36.3 Å². The number of nitrogens with two attached hydrogens (primary N) is 1. The largest absolute Gasteiger partial charge is 0.372 e. The highest BCUT2D eigenvalue weighted by atomic mass is 16.3. The van der Waals surface area contributed by atoms with Gasteiger partial charge in [0.15, 0.2) is 5.60 Å². The molecule has 38 heavy (non-hydrogen) atoms. The van der Waals surface area contributed by atoms with Crippen molar-refractivity contribution < 1.29 is 29.1 Å². The molecule has 2 aromatic rings. The molecule has 0 radical (unpaired) electrons. The highest BCUT2D eigenvalue weighted by Crippen LogP contribution is 2.47. The summed E-state index contributed by atoms with van der Waals surface area (Å²) < 4.78 is 0. The first-order chi connectivity index (χ1) is 18.0. The van der Waals surface area contributed by atoms with Gasteiger partial charge >= 0.3 is 0 Å². The second kappa shape index (κ2) is 10.7. The molecule has 6 N–H and O–H groups in total. The Morgan fingerprint density at radius 1 is 1.00 bits per heavy atom. The number of hydrogen-bond donors (Lipinski definition) is 5. The number of aliphatic hydroxyl groups is 1. The Labute approximate surface area is 220 Å². The highest BCUT2D eigenvalue weighted by molar-refractivity contribution is 6.38. The number of rotatable bonds is 10. The first kappa shape index (κ1) is 27.0. The highest BCUT2D eigenvalue weighted by Gasteiger charge is 2.48. The van der Waals surface area contributed by atoms with Crippen molar-refractivity contribution in [3.8, 4) is 11.1 Å². The summed E-state index contributed by atoms with van der Waals surface area (Å²) in [6.45, 7) is 4.15. The van der Waals surface area contributed by atoms with Crippen molar-refractivity contribution in [2.24, 2.45) is 17.6 Å². The Hall–Kier alpha value is -4.05. The summed E-state index contributed by atoms with van der Waals surface area (Å²) in [4.78, 5) is 63.4. The van der Waals surface area contributed by atoms with E-state index >= 15 is 0 Å². The average molecular weight is 521 g/mol. The summed E-state index contributed by atoms with van der Waals surface area (Å²) >= 11 is 0. The van der Waals surface area contributed by atoms with Crippen molar-refractivity contribution in [2.75, 3.05) is 6.54 Å². The van der Waals surface area contributed by atoms with Gasteiger partial charge in [0.2, 0.25) is 17.6 Å². The van der Waals surface area contributed by atoms with Gasteiger partial charge in [0, 0.05) is 23.6 Å². The summed E-state index contributed by atoms with van der Waals surface area (Å²) in [6, 6.07) is 11.6. The van der Waals surface area contributed by atoms with Gasteiger partial charge in [-0.25, -0.2) is 0 Å². The molecule has 1 saturated heterocycles. The molecule has 0 bridgehead atoms. The molecule has 3 atom stereocenters. The minimum atomic E-state index is -2.03. The van der Waals surface area contributed by atoms with E-state index in [9.17, 15) is 29.1 Å². The van der Waals surface area contributed by atoms with E-state index in [4.69, 9.17) is 5.73 Å². The molecule has 1 fully saturated rings. The third kappa shape index (κ3) is 5.04. The monoisotopic (exact) mass is 520 g/mol. The smallest absolute Gasteiger partial charge is 0.287 e. The molecule has 0 aromatic heterocycles. The number of fused-ring (bicyclic) bond motifs is 3. The van der Waals surface area contributed by atoms with Crippen LogP contribution >= 0.6 is 0 Å². The van der Waals surface area contributed by atoms with Crippen LogP contribution in [0, 0.1) is 11.8 Å². The molecule has 1 aliphatic heterocycles. The minimum absolute atomic E-state index is 0.0465. The van der Waals surface area contributed by atoms with Crippen molar-refractivity contribution in [3.05, 3.63) is 59.7 Å². The lowest BCUT2D eigenvalue weighted by Crippen LogP contribution is -2.57. The van der Waals surface area contributed by atoms with E-state index in [0.29, 0.717) is 35.2 Å². The fraction of sp³-hybridized carbons (Fsp3) is 0.393. The topological polar surface area (TPSA) is 168 Å². The number of hydrogen-bond acceptors (Lipinski definition) is 6. The standard InChI is InChI=1S/C28H32N4O6/c1-15(2)13-22(26(36)31-21(23(33)24(29)34)14-16-11-12-30-25(16)35)32-27(37)28(38)19-9-5-3-7-17(19)18-8-4-6-10-20(18)28/h3-10,15-16,21-22,38H,11-14H2,1-2H3,(H2,29,34)(H,30,35)(H,31,36)(H,32,37)/t16-,21+,22+/m1/s1. The molecule has 10 nitrogen and oxygen atoms in total. The molecule has 2 aliphatic rings. The third-order valence-electron chi connectivity index (χ3n) is 7.14. The minimum Gasteiger partial charge on any atom is -0.372 e. The van der Waals surface area contributed by atoms with Crippen LogP contribution in [-0.4, -0.2) is 53.1 Å². The molecule has 2 aromatic carbocycles. The Morgan fingerprint density at radius 2 is 1.58 bits per heavy atom. The second-order valence-corrected chi connectivity index (χ2v) is 10.3. The number of primary amides is 1. The molecule has 1 aliphatic carbocycles. The lowest BCUT2D eigenvalue weighted by Gasteiger charge is -2.29. The van der Waals surface area contributed by atoms with Gasteiger partial charge in [0.1, 0.15) is 6.04 Å². The fourth-order valence-corrected chi connectivity index (χ4v) is 5.25. The van der Waals surface area contributed by atoms with Crippen molar-refractivity contribution in [1.82, 2.24) is 16.0 Å². The Kier molecular flexibility index (Phi) is 7.63. The predicted octanol–water partition coefficient (Wildman–Crippen LogP) is 0.499. The van der Waals surface area contributed by atoms with Crippen LogP contribution in [0.3, 0.4) is 0 Å². The molecule has 0 saturated carbocycles. The van der Waals surface area contributed by atoms with Crippen molar-refractivity contribution in [1.29, 1.82) is 0 Å². The fourth-order valence-electron chi connectivity index (χ4n) is 5.25. The average Bonchev–Trinajstić information content (AvgIpc) is 3.41. The lowest BCUT2D eigenvalue weighted by atomic mass is 9.89. The lowest BCUT2D eigenvalue weighted by molar-refractivity contribution is -0.141. The first-order valence-electron chi connectivity index (χ1n) is 12.7. The van der Waals surface area contributed by atoms with Crippen LogP contribution in [0.5, 0.6) is 0 Å². The van der Waals surface area contributed by atoms with Crippen LogP contribution in [0.15, 0.2) is 48.5 Å². The number of nitrogens with one attached hydrogen (secondary N) is 3. The van der Waals surface area contributed by atoms with Gasteiger partial charge in [-0.3, -0.25) is 24.0 Å². The van der Waals surface area contributed by atoms with Crippen LogP contribution < -0.4 is 21.7 Å².